The van der Waals surface area contributed by atoms with Crippen molar-refractivity contribution >= 4 is 39.9 Å². The largest absolute Gasteiger partial charge is 0.252 e. The molecule has 0 spiro atoms. The quantitative estimate of drug-likeness (QED) is 0.434. The van der Waals surface area contributed by atoms with Crippen LogP contribution in [0.5, 0.6) is 0 Å². The molecule has 0 atom stereocenters. The standard InChI is InChI=1S/C19H15ClFN3S/c1-13(6-7-14-4-2-3-5-17(14)21)23-24-19-22-18(12-25-19)15-8-10-16(20)11-9-15/h2-12H,1H3,(H,22,24)/b7-6+,23-13-. The van der Waals surface area contributed by atoms with Crippen LogP contribution in [0.4, 0.5) is 9.52 Å². The highest BCUT2D eigenvalue weighted by Gasteiger charge is 2.04. The number of allylic oxidation sites excluding steroid dienone is 1. The molecular formula is C19H15ClFN3S. The van der Waals surface area contributed by atoms with Crippen LogP contribution in [0.1, 0.15) is 12.5 Å². The van der Waals surface area contributed by atoms with Crippen LogP contribution in [0.3, 0.4) is 0 Å². The SMILES string of the molecule is CC(/C=C/c1ccccc1F)=N/Nc1nc(-c2ccc(Cl)cc2)cs1. The number of hydrogen-bond acceptors (Lipinski definition) is 4. The fourth-order valence-corrected chi connectivity index (χ4v) is 2.86. The fraction of sp³-hybridized carbons (Fsp3) is 0.0526. The van der Waals surface area contributed by atoms with E-state index in [-0.39, 0.29) is 5.82 Å². The Morgan fingerprint density at radius 1 is 1.20 bits per heavy atom. The molecule has 1 aromatic heterocycles. The normalized spacial score (nSPS) is 11.9. The molecule has 0 fully saturated rings. The van der Waals surface area contributed by atoms with Crippen LogP contribution in [0.2, 0.25) is 5.02 Å². The summed E-state index contributed by atoms with van der Waals surface area (Å²) < 4.78 is 13.6. The van der Waals surface area contributed by atoms with Gasteiger partial charge in [0.25, 0.3) is 0 Å². The van der Waals surface area contributed by atoms with E-state index in [2.05, 4.69) is 15.5 Å². The zero-order valence-corrected chi connectivity index (χ0v) is 15.0. The Kier molecular flexibility index (Phi) is 5.58. The van der Waals surface area contributed by atoms with Gasteiger partial charge in [-0.05, 0) is 31.2 Å². The van der Waals surface area contributed by atoms with E-state index in [0.717, 1.165) is 11.3 Å². The fourth-order valence-electron chi connectivity index (χ4n) is 2.07. The first-order valence-electron chi connectivity index (χ1n) is 7.56. The summed E-state index contributed by atoms with van der Waals surface area (Å²) in [5, 5.41) is 7.57. The second kappa shape index (κ2) is 8.05. The molecule has 0 aliphatic carbocycles. The number of rotatable bonds is 5. The number of thiazole rings is 1. The van der Waals surface area contributed by atoms with Crippen molar-refractivity contribution in [3.8, 4) is 11.3 Å². The Labute approximate surface area is 154 Å². The number of halogens is 2. The zero-order chi connectivity index (χ0) is 17.6. The first-order chi connectivity index (χ1) is 12.1. The molecule has 126 valence electrons. The van der Waals surface area contributed by atoms with Crippen LogP contribution >= 0.6 is 22.9 Å². The van der Waals surface area contributed by atoms with Gasteiger partial charge in [0.1, 0.15) is 5.82 Å². The van der Waals surface area contributed by atoms with Gasteiger partial charge in [0.15, 0.2) is 0 Å². The second-order valence-electron chi connectivity index (χ2n) is 5.26. The number of hydrogen-bond donors (Lipinski definition) is 1. The molecule has 3 nitrogen and oxygen atoms in total. The molecular weight excluding hydrogens is 357 g/mol. The minimum Gasteiger partial charge on any atom is -0.252 e. The number of hydrazone groups is 1. The first kappa shape index (κ1) is 17.3. The maximum absolute atomic E-state index is 13.6. The predicted octanol–water partition coefficient (Wildman–Crippen LogP) is 6.10. The van der Waals surface area contributed by atoms with Crippen molar-refractivity contribution in [2.75, 3.05) is 5.43 Å². The Morgan fingerprint density at radius 2 is 1.96 bits per heavy atom. The molecule has 25 heavy (non-hydrogen) atoms. The monoisotopic (exact) mass is 371 g/mol. The maximum Gasteiger partial charge on any atom is 0.203 e. The van der Waals surface area contributed by atoms with Crippen LogP contribution in [0, 0.1) is 5.82 Å². The topological polar surface area (TPSA) is 37.3 Å². The minimum absolute atomic E-state index is 0.257. The molecule has 0 unspecified atom stereocenters. The van der Waals surface area contributed by atoms with Crippen LogP contribution in [0.25, 0.3) is 17.3 Å². The maximum atomic E-state index is 13.6. The smallest absolute Gasteiger partial charge is 0.203 e. The van der Waals surface area contributed by atoms with Crippen molar-refractivity contribution in [3.63, 3.8) is 0 Å². The Morgan fingerprint density at radius 3 is 2.72 bits per heavy atom. The van der Waals surface area contributed by atoms with Gasteiger partial charge in [-0.15, -0.1) is 11.3 Å². The molecule has 0 aliphatic heterocycles. The van der Waals surface area contributed by atoms with Crippen molar-refractivity contribution in [2.24, 2.45) is 5.10 Å². The third-order valence-corrected chi connectivity index (χ3v) is 4.38. The Bertz CT molecular complexity index is 916. The molecule has 3 rings (SSSR count). The van der Waals surface area contributed by atoms with E-state index in [4.69, 9.17) is 11.6 Å². The Hall–Kier alpha value is -2.50. The lowest BCUT2D eigenvalue weighted by Gasteiger charge is -1.98. The summed E-state index contributed by atoms with van der Waals surface area (Å²) in [7, 11) is 0. The molecule has 0 radical (unpaired) electrons. The van der Waals surface area contributed by atoms with Crippen LogP contribution in [-0.4, -0.2) is 10.7 Å². The van der Waals surface area contributed by atoms with E-state index in [1.807, 2.05) is 36.6 Å². The molecule has 2 aromatic carbocycles. The van der Waals surface area contributed by atoms with E-state index in [1.165, 1.54) is 17.4 Å². The summed E-state index contributed by atoms with van der Waals surface area (Å²) in [6, 6.07) is 14.1. The predicted molar refractivity (Wildman–Crippen MR) is 105 cm³/mol. The summed E-state index contributed by atoms with van der Waals surface area (Å²) >= 11 is 7.36. The number of nitrogens with one attached hydrogen (secondary N) is 1. The number of aromatic nitrogens is 1. The van der Waals surface area contributed by atoms with Gasteiger partial charge in [-0.2, -0.15) is 5.10 Å². The van der Waals surface area contributed by atoms with Gasteiger partial charge in [0.05, 0.1) is 11.4 Å². The molecule has 0 saturated heterocycles. The average Bonchev–Trinajstić information content (AvgIpc) is 3.09. The van der Waals surface area contributed by atoms with Crippen LogP contribution < -0.4 is 5.43 Å². The third kappa shape index (κ3) is 4.75. The van der Waals surface area contributed by atoms with E-state index in [9.17, 15) is 4.39 Å². The molecule has 0 amide bonds. The van der Waals surface area contributed by atoms with Crippen LogP contribution in [-0.2, 0) is 0 Å². The summed E-state index contributed by atoms with van der Waals surface area (Å²) in [6.07, 6.45) is 3.44. The zero-order valence-electron chi connectivity index (χ0n) is 13.4. The molecule has 0 saturated carbocycles. The molecule has 0 aliphatic rings. The molecule has 6 heteroatoms. The molecule has 1 heterocycles. The Balaban J connectivity index is 1.65. The van der Waals surface area contributed by atoms with Crippen molar-refractivity contribution in [2.45, 2.75) is 6.92 Å². The van der Waals surface area contributed by atoms with E-state index in [0.29, 0.717) is 21.4 Å². The lowest BCUT2D eigenvalue weighted by atomic mass is 10.2. The second-order valence-corrected chi connectivity index (χ2v) is 6.56. The lowest BCUT2D eigenvalue weighted by Crippen LogP contribution is -1.94. The molecule has 0 bridgehead atoms. The number of anilines is 1. The summed E-state index contributed by atoms with van der Waals surface area (Å²) in [5.41, 5.74) is 6.01. The highest BCUT2D eigenvalue weighted by Crippen LogP contribution is 2.25. The average molecular weight is 372 g/mol. The lowest BCUT2D eigenvalue weighted by molar-refractivity contribution is 0.625. The van der Waals surface area contributed by atoms with E-state index in [1.54, 1.807) is 30.4 Å². The van der Waals surface area contributed by atoms with Gasteiger partial charge in [-0.1, -0.05) is 48.0 Å². The van der Waals surface area contributed by atoms with Crippen LogP contribution in [0.15, 0.2) is 65.1 Å². The third-order valence-electron chi connectivity index (χ3n) is 3.38. The summed E-state index contributed by atoms with van der Waals surface area (Å²) in [4.78, 5) is 4.49. The molecule has 1 N–H and O–H groups in total. The van der Waals surface area contributed by atoms with Gasteiger partial charge in [0, 0.05) is 21.5 Å². The highest BCUT2D eigenvalue weighted by molar-refractivity contribution is 7.14. The molecule has 3 aromatic rings. The number of benzene rings is 2. The minimum atomic E-state index is -0.257. The van der Waals surface area contributed by atoms with E-state index >= 15 is 0 Å². The van der Waals surface area contributed by atoms with Crippen molar-refractivity contribution in [1.82, 2.24) is 4.98 Å². The van der Waals surface area contributed by atoms with E-state index < -0.39 is 0 Å². The van der Waals surface area contributed by atoms with Gasteiger partial charge in [-0.3, -0.25) is 5.43 Å². The highest BCUT2D eigenvalue weighted by atomic mass is 35.5. The van der Waals surface area contributed by atoms with Crippen molar-refractivity contribution < 1.29 is 4.39 Å². The van der Waals surface area contributed by atoms with Crippen molar-refractivity contribution in [3.05, 3.63) is 76.4 Å². The number of nitrogens with zero attached hydrogens (tertiary/aromatic N) is 2. The summed E-state index contributed by atoms with van der Waals surface area (Å²) in [6.45, 7) is 1.83. The van der Waals surface area contributed by atoms with Gasteiger partial charge < -0.3 is 0 Å². The van der Waals surface area contributed by atoms with Gasteiger partial charge in [-0.25, -0.2) is 9.37 Å². The van der Waals surface area contributed by atoms with Gasteiger partial charge in [0.2, 0.25) is 5.13 Å². The van der Waals surface area contributed by atoms with Crippen molar-refractivity contribution in [1.29, 1.82) is 0 Å². The van der Waals surface area contributed by atoms with Gasteiger partial charge >= 0.3 is 0 Å². The summed E-state index contributed by atoms with van der Waals surface area (Å²) in [5.74, 6) is -0.257. The first-order valence-corrected chi connectivity index (χ1v) is 8.82.